The first-order valence-corrected chi connectivity index (χ1v) is 10.6. The highest BCUT2D eigenvalue weighted by Crippen LogP contribution is 2.35. The Balaban J connectivity index is 0.00000149. The van der Waals surface area contributed by atoms with E-state index in [4.69, 9.17) is 21.1 Å². The zero-order chi connectivity index (χ0) is 24.1. The number of carboxylic acids is 1. The Morgan fingerprint density at radius 2 is 1.85 bits per heavy atom. The Bertz CT molecular complexity index is 1290. The van der Waals surface area contributed by atoms with Gasteiger partial charge in [-0.1, -0.05) is 13.8 Å². The van der Waals surface area contributed by atoms with Crippen molar-refractivity contribution in [1.29, 1.82) is 0 Å². The molecule has 4 aromatic rings. The van der Waals surface area contributed by atoms with Crippen LogP contribution in [0.3, 0.4) is 0 Å². The van der Waals surface area contributed by atoms with Gasteiger partial charge in [0.05, 0.1) is 19.7 Å². The summed E-state index contributed by atoms with van der Waals surface area (Å²) in [7, 11) is 2.99. The second-order valence-electron chi connectivity index (χ2n) is 6.83. The molecule has 0 radical (unpaired) electrons. The maximum atomic E-state index is 13.5. The lowest BCUT2D eigenvalue weighted by molar-refractivity contribution is -0.137. The van der Waals surface area contributed by atoms with E-state index in [0.717, 1.165) is 5.39 Å². The minimum absolute atomic E-state index is 0.0487. The molecule has 8 nitrogen and oxygen atoms in total. The maximum absolute atomic E-state index is 13.5. The van der Waals surface area contributed by atoms with E-state index in [1.165, 1.54) is 26.4 Å². The minimum atomic E-state index is -1.09. The highest BCUT2D eigenvalue weighted by atomic mass is 35.5. The highest BCUT2D eigenvalue weighted by molar-refractivity contribution is 6.28. The van der Waals surface area contributed by atoms with E-state index in [9.17, 15) is 14.3 Å². The van der Waals surface area contributed by atoms with E-state index in [1.54, 1.807) is 24.3 Å². The van der Waals surface area contributed by atoms with Crippen LogP contribution in [0, 0.1) is 5.82 Å². The van der Waals surface area contributed by atoms with Gasteiger partial charge < -0.3 is 24.9 Å². The summed E-state index contributed by atoms with van der Waals surface area (Å²) in [6.07, 6.45) is 0.0992. The second-order valence-corrected chi connectivity index (χ2v) is 7.17. The average molecular weight is 475 g/mol. The van der Waals surface area contributed by atoms with Gasteiger partial charge in [0.1, 0.15) is 17.7 Å². The molecule has 10 heteroatoms. The molecule has 0 aliphatic rings. The molecule has 1 atom stereocenters. The topological polar surface area (TPSA) is 109 Å². The number of aromatic nitrogens is 3. The molecule has 0 saturated heterocycles. The fourth-order valence-corrected chi connectivity index (χ4v) is 3.57. The molecule has 2 heterocycles. The number of hydrogen-bond donors (Lipinski definition) is 3. The Morgan fingerprint density at radius 1 is 1.15 bits per heavy atom. The zero-order valence-electron chi connectivity index (χ0n) is 18.6. The maximum Gasteiger partial charge on any atom is 0.326 e. The van der Waals surface area contributed by atoms with Crippen LogP contribution in [0.4, 0.5) is 10.2 Å². The molecule has 0 spiro atoms. The molecular weight excluding hydrogens is 451 g/mol. The summed E-state index contributed by atoms with van der Waals surface area (Å²) >= 11 is 6.06. The first kappa shape index (κ1) is 24.1. The molecule has 174 valence electrons. The molecule has 0 amide bonds. The van der Waals surface area contributed by atoms with Crippen molar-refractivity contribution in [2.45, 2.75) is 26.3 Å². The van der Waals surface area contributed by atoms with E-state index >= 15 is 0 Å². The van der Waals surface area contributed by atoms with Crippen LogP contribution in [0.25, 0.3) is 21.8 Å². The van der Waals surface area contributed by atoms with E-state index in [0.29, 0.717) is 33.6 Å². The normalized spacial score (nSPS) is 11.6. The van der Waals surface area contributed by atoms with Crippen molar-refractivity contribution in [1.82, 2.24) is 15.0 Å². The number of anilines is 1. The van der Waals surface area contributed by atoms with E-state index < -0.39 is 12.0 Å². The quantitative estimate of drug-likeness (QED) is 0.321. The number of nitrogens with zero attached hydrogens (tertiary/aromatic N) is 2. The third kappa shape index (κ3) is 5.25. The van der Waals surface area contributed by atoms with Crippen molar-refractivity contribution < 1.29 is 23.8 Å². The molecule has 0 fully saturated rings. The molecule has 2 aromatic heterocycles. The molecule has 33 heavy (non-hydrogen) atoms. The summed E-state index contributed by atoms with van der Waals surface area (Å²) in [6.45, 7) is 4.00. The van der Waals surface area contributed by atoms with Gasteiger partial charge in [-0.15, -0.1) is 0 Å². The molecule has 2 aromatic carbocycles. The SMILES string of the molecule is CC.COc1cc2nc(Cl)nc(NC(Cc3cc4ccc(F)cc4[nH]3)C(=O)O)c2cc1OC. The Labute approximate surface area is 194 Å². The smallest absolute Gasteiger partial charge is 0.326 e. The largest absolute Gasteiger partial charge is 0.493 e. The Hall–Kier alpha value is -3.59. The first-order chi connectivity index (χ1) is 15.9. The number of halogens is 2. The average Bonchev–Trinajstić information content (AvgIpc) is 3.20. The lowest BCUT2D eigenvalue weighted by Gasteiger charge is -2.17. The fourth-order valence-electron chi connectivity index (χ4n) is 3.39. The number of ether oxygens (including phenoxy) is 2. The highest BCUT2D eigenvalue weighted by Gasteiger charge is 2.22. The predicted molar refractivity (Wildman–Crippen MR) is 126 cm³/mol. The molecule has 0 aliphatic heterocycles. The molecule has 0 saturated carbocycles. The summed E-state index contributed by atoms with van der Waals surface area (Å²) < 4.78 is 24.1. The van der Waals surface area contributed by atoms with Gasteiger partial charge >= 0.3 is 5.97 Å². The Morgan fingerprint density at radius 3 is 2.52 bits per heavy atom. The summed E-state index contributed by atoms with van der Waals surface area (Å²) in [5, 5.41) is 14.0. The lowest BCUT2D eigenvalue weighted by Crippen LogP contribution is -2.32. The van der Waals surface area contributed by atoms with Crippen LogP contribution < -0.4 is 14.8 Å². The fraction of sp³-hybridized carbons (Fsp3) is 0.261. The molecule has 3 N–H and O–H groups in total. The van der Waals surface area contributed by atoms with Crippen molar-refractivity contribution in [2.75, 3.05) is 19.5 Å². The van der Waals surface area contributed by atoms with Crippen LogP contribution in [-0.2, 0) is 11.2 Å². The number of nitrogens with one attached hydrogen (secondary N) is 2. The van der Waals surface area contributed by atoms with Crippen molar-refractivity contribution >= 4 is 45.2 Å². The molecule has 0 bridgehead atoms. The number of fused-ring (bicyclic) bond motifs is 2. The van der Waals surface area contributed by atoms with Crippen molar-refractivity contribution in [3.8, 4) is 11.5 Å². The van der Waals surface area contributed by atoms with Crippen LogP contribution in [0.2, 0.25) is 5.28 Å². The van der Waals surface area contributed by atoms with E-state index in [1.807, 2.05) is 13.8 Å². The lowest BCUT2D eigenvalue weighted by atomic mass is 10.1. The number of benzene rings is 2. The minimum Gasteiger partial charge on any atom is -0.493 e. The van der Waals surface area contributed by atoms with Gasteiger partial charge in [0.15, 0.2) is 11.5 Å². The van der Waals surface area contributed by atoms with Crippen LogP contribution >= 0.6 is 11.6 Å². The van der Waals surface area contributed by atoms with Gasteiger partial charge in [-0.25, -0.2) is 19.2 Å². The third-order valence-corrected chi connectivity index (χ3v) is 5.02. The van der Waals surface area contributed by atoms with Gasteiger partial charge in [0, 0.05) is 29.1 Å². The van der Waals surface area contributed by atoms with Gasteiger partial charge in [0.2, 0.25) is 5.28 Å². The number of aliphatic carboxylic acids is 1. The summed E-state index contributed by atoms with van der Waals surface area (Å²) in [6, 6.07) is 8.37. The molecule has 0 aliphatic carbocycles. The van der Waals surface area contributed by atoms with Gasteiger partial charge in [-0.05, 0) is 47.3 Å². The van der Waals surface area contributed by atoms with Crippen LogP contribution in [0.1, 0.15) is 19.5 Å². The Kier molecular flexibility index (Phi) is 7.55. The van der Waals surface area contributed by atoms with Gasteiger partial charge in [0.25, 0.3) is 0 Å². The van der Waals surface area contributed by atoms with Crippen LogP contribution in [0.15, 0.2) is 36.4 Å². The number of carbonyl (C=O) groups is 1. The predicted octanol–water partition coefficient (Wildman–Crippen LogP) is 5.05. The van der Waals surface area contributed by atoms with Crippen molar-refractivity contribution in [3.05, 3.63) is 53.2 Å². The van der Waals surface area contributed by atoms with E-state index in [-0.39, 0.29) is 23.3 Å². The number of rotatable bonds is 7. The van der Waals surface area contributed by atoms with Crippen LogP contribution in [0.5, 0.6) is 11.5 Å². The zero-order valence-corrected chi connectivity index (χ0v) is 19.3. The molecule has 1 unspecified atom stereocenters. The number of H-pyrrole nitrogens is 1. The number of methoxy groups -OCH3 is 2. The molecular formula is C23H24ClFN4O4. The van der Waals surface area contributed by atoms with Crippen molar-refractivity contribution in [2.24, 2.45) is 0 Å². The summed E-state index contributed by atoms with van der Waals surface area (Å²) in [5.74, 6) is -0.330. The summed E-state index contributed by atoms with van der Waals surface area (Å²) in [4.78, 5) is 23.4. The van der Waals surface area contributed by atoms with Crippen molar-refractivity contribution in [3.63, 3.8) is 0 Å². The van der Waals surface area contributed by atoms with Gasteiger partial charge in [-0.3, -0.25) is 0 Å². The number of aromatic amines is 1. The standard InChI is InChI=1S/C21H18ClFN4O4.C2H6/c1-30-17-8-13-15(9-18(17)31-2)26-21(22)27-19(13)25-16(20(28)29)7-12-5-10-3-4-11(23)6-14(10)24-12;1-2/h3-6,8-9,16,24H,7H2,1-2H3,(H,28,29)(H,25,26,27);1-2H3. The van der Waals surface area contributed by atoms with Gasteiger partial charge in [-0.2, -0.15) is 0 Å². The monoisotopic (exact) mass is 474 g/mol. The van der Waals surface area contributed by atoms with E-state index in [2.05, 4.69) is 20.3 Å². The molecule has 4 rings (SSSR count). The third-order valence-electron chi connectivity index (χ3n) is 4.85. The second kappa shape index (κ2) is 10.4. The first-order valence-electron chi connectivity index (χ1n) is 10.2. The van der Waals surface area contributed by atoms with Crippen LogP contribution in [-0.4, -0.2) is 46.3 Å². The summed E-state index contributed by atoms with van der Waals surface area (Å²) in [5.41, 5.74) is 1.68. The number of hydrogen-bond acceptors (Lipinski definition) is 6. The number of carboxylic acid groups (broad SMARTS) is 1.